The van der Waals surface area contributed by atoms with Gasteiger partial charge in [-0.15, -0.1) is 0 Å². The molecule has 7 heteroatoms. The number of benzene rings is 4. The summed E-state index contributed by atoms with van der Waals surface area (Å²) < 4.78 is 6.22. The minimum Gasteiger partial charge on any atom is -0.423 e. The van der Waals surface area contributed by atoms with Crippen molar-refractivity contribution in [3.8, 4) is 5.75 Å². The molecule has 0 saturated heterocycles. The predicted octanol–water partition coefficient (Wildman–Crippen LogP) is 5.05. The summed E-state index contributed by atoms with van der Waals surface area (Å²) in [6, 6.07) is 30.9. The van der Waals surface area contributed by atoms with Crippen LogP contribution in [-0.4, -0.2) is 23.2 Å². The van der Waals surface area contributed by atoms with Gasteiger partial charge >= 0.3 is 5.97 Å². The molecule has 1 amide bonds. The van der Waals surface area contributed by atoms with Crippen LogP contribution in [0.4, 0.5) is 0 Å². The molecule has 0 spiro atoms. The van der Waals surface area contributed by atoms with E-state index in [1.165, 1.54) is 6.21 Å². The molecule has 0 aliphatic heterocycles. The van der Waals surface area contributed by atoms with Crippen LogP contribution in [0.3, 0.4) is 0 Å². The monoisotopic (exact) mass is 528 g/mol. The summed E-state index contributed by atoms with van der Waals surface area (Å²) in [4.78, 5) is 25.5. The van der Waals surface area contributed by atoms with Crippen LogP contribution in [0.2, 0.25) is 0 Å². The molecule has 4 rings (SSSR count). The Balaban J connectivity index is 1.49. The normalized spacial score (nSPS) is 11.3. The van der Waals surface area contributed by atoms with Crippen molar-refractivity contribution in [1.82, 2.24) is 5.43 Å². The standard InChI is InChI=1S/C28H21BrN2O4/c29-24-15-8-10-21(18-24)26(32)35-25-16-7-9-20(17-25)19-30-31-27(33)28(34,22-11-3-1-4-12-22)23-13-5-2-6-14-23/h1-19,34H,(H,31,33)/b30-19-. The molecule has 0 fully saturated rings. The minimum atomic E-state index is -1.93. The Kier molecular flexibility index (Phi) is 7.50. The average Bonchev–Trinajstić information content (AvgIpc) is 2.89. The highest BCUT2D eigenvalue weighted by atomic mass is 79.9. The number of rotatable bonds is 7. The maximum atomic E-state index is 13.1. The predicted molar refractivity (Wildman–Crippen MR) is 137 cm³/mol. The smallest absolute Gasteiger partial charge is 0.343 e. The van der Waals surface area contributed by atoms with Gasteiger partial charge < -0.3 is 9.84 Å². The number of esters is 1. The molecule has 0 unspecified atom stereocenters. The molecule has 0 radical (unpaired) electrons. The third kappa shape index (κ3) is 5.71. The summed E-state index contributed by atoms with van der Waals surface area (Å²) in [5, 5.41) is 15.5. The Morgan fingerprint density at radius 3 is 2.09 bits per heavy atom. The third-order valence-corrected chi connectivity index (χ3v) is 5.71. The van der Waals surface area contributed by atoms with Gasteiger partial charge in [0.2, 0.25) is 0 Å². The van der Waals surface area contributed by atoms with Crippen molar-refractivity contribution in [2.75, 3.05) is 0 Å². The van der Waals surface area contributed by atoms with Crippen molar-refractivity contribution in [2.45, 2.75) is 5.60 Å². The second kappa shape index (κ2) is 10.9. The number of hydrazone groups is 1. The Morgan fingerprint density at radius 2 is 1.46 bits per heavy atom. The molecule has 0 atom stereocenters. The van der Waals surface area contributed by atoms with E-state index in [9.17, 15) is 14.7 Å². The van der Waals surface area contributed by atoms with Crippen LogP contribution in [0.15, 0.2) is 119 Å². The molecule has 2 N–H and O–H groups in total. The third-order valence-electron chi connectivity index (χ3n) is 5.22. The lowest BCUT2D eigenvalue weighted by atomic mass is 9.85. The number of nitrogens with one attached hydrogen (secondary N) is 1. The zero-order chi connectivity index (χ0) is 24.7. The lowest BCUT2D eigenvalue weighted by Crippen LogP contribution is -2.43. The van der Waals surface area contributed by atoms with Crippen LogP contribution in [0.5, 0.6) is 5.75 Å². The first kappa shape index (κ1) is 24.1. The Hall–Kier alpha value is -4.07. The second-order valence-corrected chi connectivity index (χ2v) is 8.53. The quantitative estimate of drug-likeness (QED) is 0.152. The van der Waals surface area contributed by atoms with Crippen LogP contribution < -0.4 is 10.2 Å². The van der Waals surface area contributed by atoms with E-state index in [-0.39, 0.29) is 0 Å². The number of carbonyl (C=O) groups excluding carboxylic acids is 2. The first-order valence-electron chi connectivity index (χ1n) is 10.7. The van der Waals surface area contributed by atoms with Gasteiger partial charge in [-0.25, -0.2) is 10.2 Å². The van der Waals surface area contributed by atoms with Gasteiger partial charge in [-0.3, -0.25) is 4.79 Å². The molecule has 0 heterocycles. The molecule has 0 aromatic heterocycles. The first-order chi connectivity index (χ1) is 17.0. The summed E-state index contributed by atoms with van der Waals surface area (Å²) in [7, 11) is 0. The van der Waals surface area contributed by atoms with Crippen LogP contribution in [0.25, 0.3) is 0 Å². The molecule has 174 valence electrons. The molecule has 35 heavy (non-hydrogen) atoms. The largest absolute Gasteiger partial charge is 0.423 e. The van der Waals surface area contributed by atoms with E-state index in [4.69, 9.17) is 4.74 Å². The molecule has 0 saturated carbocycles. The van der Waals surface area contributed by atoms with Gasteiger partial charge in [0.15, 0.2) is 5.60 Å². The molecule has 6 nitrogen and oxygen atoms in total. The first-order valence-corrected chi connectivity index (χ1v) is 11.5. The Labute approximate surface area is 211 Å². The molecule has 0 bridgehead atoms. The van der Waals surface area contributed by atoms with Crippen molar-refractivity contribution in [3.05, 3.63) is 136 Å². The number of hydrogen-bond donors (Lipinski definition) is 2. The van der Waals surface area contributed by atoms with Gasteiger partial charge in [-0.1, -0.05) is 94.8 Å². The summed E-state index contributed by atoms with van der Waals surface area (Å²) in [5.74, 6) is -0.872. The van der Waals surface area contributed by atoms with E-state index < -0.39 is 17.5 Å². The van der Waals surface area contributed by atoms with E-state index in [2.05, 4.69) is 26.5 Å². The zero-order valence-electron chi connectivity index (χ0n) is 18.5. The van der Waals surface area contributed by atoms with E-state index in [0.717, 1.165) is 4.47 Å². The molecule has 4 aromatic carbocycles. The number of ether oxygens (including phenoxy) is 1. The van der Waals surface area contributed by atoms with E-state index in [0.29, 0.717) is 28.0 Å². The average molecular weight is 529 g/mol. The summed E-state index contributed by atoms with van der Waals surface area (Å²) in [6.45, 7) is 0. The number of hydrogen-bond acceptors (Lipinski definition) is 5. The van der Waals surface area contributed by atoms with E-state index in [1.54, 1.807) is 103 Å². The molecule has 0 aliphatic carbocycles. The number of amides is 1. The van der Waals surface area contributed by atoms with Crippen LogP contribution in [0, 0.1) is 0 Å². The molecule has 0 aliphatic rings. The Morgan fingerprint density at radius 1 is 0.829 bits per heavy atom. The van der Waals surface area contributed by atoms with Gasteiger partial charge in [0.1, 0.15) is 5.75 Å². The Bertz CT molecular complexity index is 1320. The summed E-state index contributed by atoms with van der Waals surface area (Å²) in [5.41, 5.74) is 2.33. The van der Waals surface area contributed by atoms with Crippen LogP contribution >= 0.6 is 15.9 Å². The highest BCUT2D eigenvalue weighted by Crippen LogP contribution is 2.29. The van der Waals surface area contributed by atoms with Crippen LogP contribution in [-0.2, 0) is 10.4 Å². The number of nitrogens with zero attached hydrogens (tertiary/aromatic N) is 1. The fraction of sp³-hybridized carbons (Fsp3) is 0.0357. The topological polar surface area (TPSA) is 88.0 Å². The molecular formula is C28H21BrN2O4. The molecular weight excluding hydrogens is 508 g/mol. The summed E-state index contributed by atoms with van der Waals surface area (Å²) >= 11 is 3.33. The lowest BCUT2D eigenvalue weighted by molar-refractivity contribution is -0.136. The fourth-order valence-electron chi connectivity index (χ4n) is 3.47. The maximum absolute atomic E-state index is 13.1. The van der Waals surface area contributed by atoms with Crippen molar-refractivity contribution >= 4 is 34.0 Å². The number of carbonyl (C=O) groups is 2. The van der Waals surface area contributed by atoms with E-state index >= 15 is 0 Å². The highest BCUT2D eigenvalue weighted by Gasteiger charge is 2.39. The second-order valence-electron chi connectivity index (χ2n) is 7.61. The fourth-order valence-corrected chi connectivity index (χ4v) is 3.87. The van der Waals surface area contributed by atoms with Gasteiger partial charge in [0, 0.05) is 4.47 Å². The SMILES string of the molecule is O=C(Oc1cccc(/C=N\NC(=O)C(O)(c2ccccc2)c2ccccc2)c1)c1cccc(Br)c1. The van der Waals surface area contributed by atoms with Crippen molar-refractivity contribution in [1.29, 1.82) is 0 Å². The van der Waals surface area contributed by atoms with Crippen molar-refractivity contribution in [3.63, 3.8) is 0 Å². The lowest BCUT2D eigenvalue weighted by Gasteiger charge is -2.27. The van der Waals surface area contributed by atoms with Gasteiger partial charge in [0.05, 0.1) is 11.8 Å². The van der Waals surface area contributed by atoms with Crippen molar-refractivity contribution < 1.29 is 19.4 Å². The maximum Gasteiger partial charge on any atom is 0.343 e. The van der Waals surface area contributed by atoms with Crippen molar-refractivity contribution in [2.24, 2.45) is 5.10 Å². The van der Waals surface area contributed by atoms with Crippen LogP contribution in [0.1, 0.15) is 27.0 Å². The highest BCUT2D eigenvalue weighted by molar-refractivity contribution is 9.10. The number of aliphatic hydroxyl groups is 1. The van der Waals surface area contributed by atoms with Gasteiger partial charge in [-0.2, -0.15) is 5.10 Å². The van der Waals surface area contributed by atoms with Gasteiger partial charge in [0.25, 0.3) is 5.91 Å². The number of halogens is 1. The van der Waals surface area contributed by atoms with E-state index in [1.807, 2.05) is 6.07 Å². The zero-order valence-corrected chi connectivity index (χ0v) is 20.1. The van der Waals surface area contributed by atoms with Gasteiger partial charge in [-0.05, 0) is 47.0 Å². The molecule has 4 aromatic rings. The summed E-state index contributed by atoms with van der Waals surface area (Å²) in [6.07, 6.45) is 1.41. The minimum absolute atomic E-state index is 0.329.